The molecular formula is C31H31N5O5S. The second kappa shape index (κ2) is 11.9. The molecule has 4 rings (SSSR count). The third-order valence-corrected chi connectivity index (χ3v) is 8.67. The monoisotopic (exact) mass is 585 g/mol. The zero-order valence-electron chi connectivity index (χ0n) is 23.9. The first-order valence-electron chi connectivity index (χ1n) is 13.2. The number of imide groups is 1. The zero-order valence-corrected chi connectivity index (χ0v) is 24.7. The van der Waals surface area contributed by atoms with Gasteiger partial charge in [-0.25, -0.2) is 17.2 Å². The van der Waals surface area contributed by atoms with Crippen LogP contribution in [0.2, 0.25) is 0 Å². The number of hydrogen-bond donors (Lipinski definition) is 3. The molecule has 0 saturated carbocycles. The minimum absolute atomic E-state index is 0.0995. The first-order chi connectivity index (χ1) is 19.8. The van der Waals surface area contributed by atoms with Crippen LogP contribution in [0, 0.1) is 32.1 Å². The van der Waals surface area contributed by atoms with Gasteiger partial charge < -0.3 is 5.11 Å². The van der Waals surface area contributed by atoms with Crippen molar-refractivity contribution in [1.82, 2.24) is 9.29 Å². The van der Waals surface area contributed by atoms with Crippen molar-refractivity contribution in [2.24, 2.45) is 5.10 Å². The fourth-order valence-electron chi connectivity index (χ4n) is 4.81. The summed E-state index contributed by atoms with van der Waals surface area (Å²) in [7, 11) is -3.79. The highest BCUT2D eigenvalue weighted by Gasteiger charge is 2.23. The predicted molar refractivity (Wildman–Crippen MR) is 161 cm³/mol. The second-order valence-electron chi connectivity index (χ2n) is 10.4. The third kappa shape index (κ3) is 6.19. The Morgan fingerprint density at radius 2 is 1.67 bits per heavy atom. The molecule has 0 aliphatic carbocycles. The van der Waals surface area contributed by atoms with E-state index in [1.165, 1.54) is 3.97 Å². The van der Waals surface area contributed by atoms with Crippen molar-refractivity contribution in [1.29, 1.82) is 5.26 Å². The molecule has 42 heavy (non-hydrogen) atoms. The maximum absolute atomic E-state index is 13.6. The number of nitriles is 1. The molecule has 10 nitrogen and oxygen atoms in total. The van der Waals surface area contributed by atoms with E-state index in [4.69, 9.17) is 10.4 Å². The summed E-state index contributed by atoms with van der Waals surface area (Å²) >= 11 is 0. The number of benzene rings is 3. The van der Waals surface area contributed by atoms with Crippen molar-refractivity contribution >= 4 is 44.3 Å². The van der Waals surface area contributed by atoms with Crippen molar-refractivity contribution < 1.29 is 23.1 Å². The Hall–Kier alpha value is -4.95. The van der Waals surface area contributed by atoms with Gasteiger partial charge in [-0.1, -0.05) is 37.6 Å². The van der Waals surface area contributed by atoms with Crippen LogP contribution in [-0.2, 0) is 21.2 Å². The maximum Gasteiger partial charge on any atom is 0.411 e. The number of fused-ring (bicyclic) bond motifs is 1. The Balaban J connectivity index is 1.66. The number of anilines is 1. The van der Waals surface area contributed by atoms with E-state index in [1.807, 2.05) is 65.0 Å². The molecule has 0 spiro atoms. The number of nitrogens with zero attached hydrogens (tertiary/aromatic N) is 3. The number of hydrazone groups is 1. The summed E-state index contributed by atoms with van der Waals surface area (Å²) < 4.78 is 28.5. The van der Waals surface area contributed by atoms with E-state index in [0.29, 0.717) is 17.6 Å². The molecule has 3 N–H and O–H groups in total. The topological polar surface area (TPSA) is 154 Å². The first-order valence-corrected chi connectivity index (χ1v) is 14.6. The number of hydrogen-bond acceptors (Lipinski definition) is 7. The Labute approximate surface area is 244 Å². The lowest BCUT2D eigenvalue weighted by atomic mass is 9.94. The smallest absolute Gasteiger partial charge is 0.411 e. The molecule has 0 aliphatic rings. The molecule has 0 bridgehead atoms. The van der Waals surface area contributed by atoms with Crippen LogP contribution in [-0.4, -0.2) is 35.2 Å². The van der Waals surface area contributed by atoms with Crippen molar-refractivity contribution in [2.45, 2.75) is 51.9 Å². The van der Waals surface area contributed by atoms with Gasteiger partial charge in [-0.15, -0.1) is 0 Å². The van der Waals surface area contributed by atoms with Gasteiger partial charge in [0.2, 0.25) is 5.71 Å². The quantitative estimate of drug-likeness (QED) is 0.180. The van der Waals surface area contributed by atoms with Gasteiger partial charge in [0.15, 0.2) is 0 Å². The minimum Gasteiger partial charge on any atom is -0.465 e. The number of carbonyl (C=O) groups is 2. The van der Waals surface area contributed by atoms with Gasteiger partial charge in [-0.2, -0.15) is 10.4 Å². The second-order valence-corrected chi connectivity index (χ2v) is 12.2. The van der Waals surface area contributed by atoms with E-state index in [-0.39, 0.29) is 10.8 Å². The molecule has 0 saturated heterocycles. The molecule has 0 unspecified atom stereocenters. The van der Waals surface area contributed by atoms with Crippen molar-refractivity contribution in [3.05, 3.63) is 94.2 Å². The van der Waals surface area contributed by atoms with Gasteiger partial charge in [0.1, 0.15) is 6.07 Å². The van der Waals surface area contributed by atoms with Crippen LogP contribution in [0.5, 0.6) is 0 Å². The normalized spacial score (nSPS) is 11.9. The molecule has 216 valence electrons. The highest BCUT2D eigenvalue weighted by atomic mass is 32.2. The van der Waals surface area contributed by atoms with Crippen LogP contribution < -0.4 is 10.7 Å². The van der Waals surface area contributed by atoms with E-state index in [0.717, 1.165) is 38.8 Å². The van der Waals surface area contributed by atoms with Crippen LogP contribution in [0.25, 0.3) is 10.9 Å². The van der Waals surface area contributed by atoms with Gasteiger partial charge in [-0.3, -0.25) is 15.5 Å². The summed E-state index contributed by atoms with van der Waals surface area (Å²) in [4.78, 5) is 22.7. The fourth-order valence-corrected chi connectivity index (χ4v) is 6.19. The summed E-state index contributed by atoms with van der Waals surface area (Å²) in [6.07, 6.45) is 0.731. The molecule has 0 aliphatic heterocycles. The summed E-state index contributed by atoms with van der Waals surface area (Å²) in [6.45, 7) is 9.85. The molecule has 0 radical (unpaired) electrons. The van der Waals surface area contributed by atoms with Gasteiger partial charge >= 0.3 is 6.09 Å². The van der Waals surface area contributed by atoms with Crippen molar-refractivity contribution in [2.75, 3.05) is 5.43 Å². The summed E-state index contributed by atoms with van der Waals surface area (Å²) in [5, 5.41) is 24.0. The Morgan fingerprint density at radius 1 is 1.02 bits per heavy atom. The number of carbonyl (C=O) groups excluding carboxylic acids is 1. The van der Waals surface area contributed by atoms with Crippen LogP contribution in [0.1, 0.15) is 53.1 Å². The largest absolute Gasteiger partial charge is 0.465 e. The lowest BCUT2D eigenvalue weighted by Crippen LogP contribution is -2.34. The van der Waals surface area contributed by atoms with E-state index in [2.05, 4.69) is 10.5 Å². The Kier molecular flexibility index (Phi) is 8.49. The molecule has 0 fully saturated rings. The highest BCUT2D eigenvalue weighted by Crippen LogP contribution is 2.32. The number of aryl methyl sites for hydroxylation is 3. The van der Waals surface area contributed by atoms with Crippen LogP contribution in [0.3, 0.4) is 0 Å². The van der Waals surface area contributed by atoms with Gasteiger partial charge in [-0.05, 0) is 97.3 Å². The molecular weight excluding hydrogens is 554 g/mol. The lowest BCUT2D eigenvalue weighted by molar-refractivity contribution is -0.114. The van der Waals surface area contributed by atoms with E-state index >= 15 is 0 Å². The van der Waals surface area contributed by atoms with Gasteiger partial charge in [0.25, 0.3) is 15.9 Å². The van der Waals surface area contributed by atoms with Crippen LogP contribution in [0.15, 0.2) is 70.8 Å². The van der Waals surface area contributed by atoms with Crippen LogP contribution in [0.4, 0.5) is 10.5 Å². The van der Waals surface area contributed by atoms with Crippen molar-refractivity contribution in [3.63, 3.8) is 0 Å². The molecule has 11 heteroatoms. The fraction of sp³-hybridized carbons (Fsp3) is 0.226. The predicted octanol–water partition coefficient (Wildman–Crippen LogP) is 5.60. The number of amides is 2. The SMILES string of the molecule is Cc1ccc(S(=O)(=O)n2cc(C(C)C)c3cc(Cc4c(C)cc(NN=C(C#N)C(=O)NC(=O)O)cc4C)ccc32)cc1. The molecule has 4 aromatic rings. The summed E-state index contributed by atoms with van der Waals surface area (Å²) in [6, 6.07) is 17.9. The third-order valence-electron chi connectivity index (χ3n) is 6.98. The van der Waals surface area contributed by atoms with Crippen LogP contribution >= 0.6 is 0 Å². The lowest BCUT2D eigenvalue weighted by Gasteiger charge is -2.14. The Morgan fingerprint density at radius 3 is 2.24 bits per heavy atom. The maximum atomic E-state index is 13.6. The van der Waals surface area contributed by atoms with E-state index in [9.17, 15) is 18.0 Å². The standard InChI is InChI=1S/C31H31N5O5S/c1-18(2)27-17-36(42(40,41)24-9-6-19(3)7-10-24)29-11-8-22(15-26(27)29)14-25-20(4)12-23(13-21(25)5)34-35-28(16-32)30(37)33-31(38)39/h6-13,15,17-18,34H,14H2,1-5H3,(H,33,37)(H,38,39). The van der Waals surface area contributed by atoms with Gasteiger partial charge in [0, 0.05) is 11.6 Å². The number of carboxylic acid groups (broad SMARTS) is 1. The average Bonchev–Trinajstić information content (AvgIpc) is 3.31. The summed E-state index contributed by atoms with van der Waals surface area (Å²) in [5.41, 5.74) is 9.04. The Bertz CT molecular complexity index is 1860. The first kappa shape index (κ1) is 30.0. The molecule has 2 amide bonds. The molecule has 1 heterocycles. The minimum atomic E-state index is -3.79. The van der Waals surface area contributed by atoms with Crippen molar-refractivity contribution in [3.8, 4) is 6.07 Å². The molecule has 0 atom stereocenters. The van der Waals surface area contributed by atoms with E-state index in [1.54, 1.807) is 41.8 Å². The van der Waals surface area contributed by atoms with Gasteiger partial charge in [0.05, 0.1) is 16.1 Å². The number of nitrogens with one attached hydrogen (secondary N) is 2. The molecule has 3 aromatic carbocycles. The average molecular weight is 586 g/mol. The zero-order chi connectivity index (χ0) is 30.8. The highest BCUT2D eigenvalue weighted by molar-refractivity contribution is 7.90. The summed E-state index contributed by atoms with van der Waals surface area (Å²) in [5.74, 6) is -1.03. The molecule has 1 aromatic heterocycles. The number of aromatic nitrogens is 1. The number of rotatable bonds is 8. The van der Waals surface area contributed by atoms with E-state index < -0.39 is 27.7 Å².